The molecule has 1 saturated heterocycles. The minimum Gasteiger partial charge on any atom is -0.350 e. The van der Waals surface area contributed by atoms with E-state index in [1.54, 1.807) is 36.7 Å². The molecule has 0 aromatic carbocycles. The van der Waals surface area contributed by atoms with Gasteiger partial charge in [-0.05, 0) is 43.2 Å². The van der Waals surface area contributed by atoms with Crippen LogP contribution < -0.4 is 10.5 Å². The van der Waals surface area contributed by atoms with Crippen LogP contribution in [0.3, 0.4) is 0 Å². The fourth-order valence-electron chi connectivity index (χ4n) is 3.89. The van der Waals surface area contributed by atoms with Gasteiger partial charge in [0.25, 0.3) is 11.4 Å². The fourth-order valence-corrected chi connectivity index (χ4v) is 3.89. The maximum Gasteiger partial charge on any atom is 0.453 e. The van der Waals surface area contributed by atoms with Crippen LogP contribution >= 0.6 is 0 Å². The first kappa shape index (κ1) is 20.1. The highest BCUT2D eigenvalue weighted by Crippen LogP contribution is 2.29. The normalized spacial score (nSPS) is 16.7. The van der Waals surface area contributed by atoms with Crippen molar-refractivity contribution in [2.24, 2.45) is 0 Å². The molecule has 12 heteroatoms. The molecule has 9 nitrogen and oxygen atoms in total. The van der Waals surface area contributed by atoms with Gasteiger partial charge in [0.05, 0.1) is 18.3 Å². The van der Waals surface area contributed by atoms with Gasteiger partial charge in [-0.15, -0.1) is 15.3 Å². The summed E-state index contributed by atoms with van der Waals surface area (Å²) < 4.78 is 41.8. The van der Waals surface area contributed by atoms with Crippen LogP contribution in [0.1, 0.15) is 18.7 Å². The predicted octanol–water partition coefficient (Wildman–Crippen LogP) is 2.43. The molecule has 1 fully saturated rings. The summed E-state index contributed by atoms with van der Waals surface area (Å²) in [5.41, 5.74) is 1.22. The number of anilines is 1. The van der Waals surface area contributed by atoms with Crippen LogP contribution in [0.25, 0.3) is 16.9 Å². The third-order valence-electron chi connectivity index (χ3n) is 5.40. The molecule has 0 spiro atoms. The molecule has 32 heavy (non-hydrogen) atoms. The highest BCUT2D eigenvalue weighted by Gasteiger charge is 2.38. The zero-order valence-corrected chi connectivity index (χ0v) is 16.6. The molecule has 1 atom stereocenters. The maximum atomic E-state index is 13.2. The van der Waals surface area contributed by atoms with Crippen molar-refractivity contribution in [3.05, 3.63) is 65.0 Å². The number of rotatable bonds is 4. The number of hydrogen-bond acceptors (Lipinski definition) is 7. The largest absolute Gasteiger partial charge is 0.453 e. The van der Waals surface area contributed by atoms with Crippen LogP contribution in [0, 0.1) is 0 Å². The lowest BCUT2D eigenvalue weighted by atomic mass is 10.2. The average Bonchev–Trinajstić information content (AvgIpc) is 3.42. The summed E-state index contributed by atoms with van der Waals surface area (Å²) in [6.07, 6.45) is 0.194. The Kier molecular flexibility index (Phi) is 4.83. The zero-order chi connectivity index (χ0) is 22.3. The van der Waals surface area contributed by atoms with Gasteiger partial charge in [0.2, 0.25) is 0 Å². The van der Waals surface area contributed by atoms with E-state index in [2.05, 4.69) is 25.4 Å². The van der Waals surface area contributed by atoms with E-state index in [1.807, 2.05) is 4.90 Å². The summed E-state index contributed by atoms with van der Waals surface area (Å²) in [5.74, 6) is -0.809. The van der Waals surface area contributed by atoms with Crippen molar-refractivity contribution < 1.29 is 13.2 Å². The van der Waals surface area contributed by atoms with E-state index in [1.165, 1.54) is 16.8 Å². The summed E-state index contributed by atoms with van der Waals surface area (Å²) in [4.78, 5) is 18.3. The first-order valence-corrected chi connectivity index (χ1v) is 9.95. The van der Waals surface area contributed by atoms with Crippen molar-refractivity contribution in [3.8, 4) is 11.3 Å². The second-order valence-electron chi connectivity index (χ2n) is 7.45. The molecule has 4 aromatic rings. The Morgan fingerprint density at radius 1 is 1.00 bits per heavy atom. The fraction of sp³-hybridized carbons (Fsp3) is 0.300. The maximum absolute atomic E-state index is 13.2. The highest BCUT2D eigenvalue weighted by molar-refractivity contribution is 5.57. The molecule has 164 valence electrons. The van der Waals surface area contributed by atoms with Crippen LogP contribution in [-0.2, 0) is 12.7 Å². The molecule has 5 heterocycles. The van der Waals surface area contributed by atoms with Crippen LogP contribution in [0.15, 0.2) is 53.6 Å². The third kappa shape index (κ3) is 3.67. The average molecular weight is 442 g/mol. The first-order chi connectivity index (χ1) is 15.4. The second-order valence-corrected chi connectivity index (χ2v) is 7.45. The minimum atomic E-state index is -4.67. The molecule has 1 aliphatic rings. The van der Waals surface area contributed by atoms with E-state index in [0.29, 0.717) is 22.6 Å². The molecule has 1 aliphatic heterocycles. The molecular weight excluding hydrogens is 425 g/mol. The lowest BCUT2D eigenvalue weighted by Gasteiger charge is -2.26. The van der Waals surface area contributed by atoms with Gasteiger partial charge >= 0.3 is 6.18 Å². The number of alkyl halides is 3. The smallest absolute Gasteiger partial charge is 0.350 e. The molecule has 5 rings (SSSR count). The molecule has 0 saturated carbocycles. The summed E-state index contributed by atoms with van der Waals surface area (Å²) in [5, 5.41) is 15.4. The molecule has 1 unspecified atom stereocenters. The van der Waals surface area contributed by atoms with Crippen LogP contribution in [0.2, 0.25) is 0 Å². The number of fused-ring (bicyclic) bond motifs is 1. The molecular formula is C20H17F3N8O. The summed E-state index contributed by atoms with van der Waals surface area (Å²) in [7, 11) is 0. The Bertz CT molecular complexity index is 1320. The number of pyridine rings is 1. The highest BCUT2D eigenvalue weighted by atomic mass is 19.4. The lowest BCUT2D eigenvalue weighted by molar-refractivity contribution is -0.146. The molecule has 0 bridgehead atoms. The van der Waals surface area contributed by atoms with E-state index in [-0.39, 0.29) is 23.8 Å². The summed E-state index contributed by atoms with van der Waals surface area (Å²) in [6.45, 7) is 0.886. The standard InChI is InChI=1S/C20H17F3N8O/c21-20(22,23)19-26-25-16-4-5-17(28-31(16)19)29-11-1-2-14(29)12-30-18(32)6-3-15(27-30)13-7-9-24-10-8-13/h3-10,14H,1-2,11-12H2. The van der Waals surface area contributed by atoms with Crippen LogP contribution in [0.5, 0.6) is 0 Å². The minimum absolute atomic E-state index is 0.0137. The Balaban J connectivity index is 1.45. The van der Waals surface area contributed by atoms with Crippen molar-refractivity contribution in [1.29, 1.82) is 0 Å². The molecule has 0 N–H and O–H groups in total. The predicted molar refractivity (Wildman–Crippen MR) is 108 cm³/mol. The third-order valence-corrected chi connectivity index (χ3v) is 5.40. The van der Waals surface area contributed by atoms with E-state index in [0.717, 1.165) is 18.4 Å². The molecule has 0 aliphatic carbocycles. The van der Waals surface area contributed by atoms with Gasteiger partial charge in [0.15, 0.2) is 5.65 Å². The van der Waals surface area contributed by atoms with Gasteiger partial charge in [-0.2, -0.15) is 22.8 Å². The number of hydrogen-bond donors (Lipinski definition) is 0. The Labute approximate surface area is 179 Å². The van der Waals surface area contributed by atoms with Crippen molar-refractivity contribution in [2.75, 3.05) is 11.4 Å². The van der Waals surface area contributed by atoms with Gasteiger partial charge in [-0.1, -0.05) is 0 Å². The topological polar surface area (TPSA) is 94.1 Å². The van der Waals surface area contributed by atoms with E-state index in [9.17, 15) is 18.0 Å². The molecule has 0 radical (unpaired) electrons. The molecule has 0 amide bonds. The van der Waals surface area contributed by atoms with E-state index < -0.39 is 12.0 Å². The van der Waals surface area contributed by atoms with Gasteiger partial charge in [0.1, 0.15) is 5.82 Å². The first-order valence-electron chi connectivity index (χ1n) is 9.95. The van der Waals surface area contributed by atoms with Crippen LogP contribution in [-0.4, -0.2) is 47.2 Å². The molecule has 4 aromatic heterocycles. The van der Waals surface area contributed by atoms with E-state index >= 15 is 0 Å². The van der Waals surface area contributed by atoms with Crippen molar-refractivity contribution in [1.82, 2.24) is 34.6 Å². The van der Waals surface area contributed by atoms with Gasteiger partial charge in [-0.3, -0.25) is 9.78 Å². The van der Waals surface area contributed by atoms with Gasteiger partial charge in [0, 0.05) is 30.6 Å². The Hall–Kier alpha value is -3.83. The number of halogens is 3. The zero-order valence-electron chi connectivity index (χ0n) is 16.6. The monoisotopic (exact) mass is 442 g/mol. The van der Waals surface area contributed by atoms with Crippen molar-refractivity contribution in [3.63, 3.8) is 0 Å². The lowest BCUT2D eigenvalue weighted by Crippen LogP contribution is -2.37. The Morgan fingerprint density at radius 3 is 2.59 bits per heavy atom. The number of aromatic nitrogens is 7. The van der Waals surface area contributed by atoms with Crippen molar-refractivity contribution >= 4 is 11.5 Å². The van der Waals surface area contributed by atoms with Gasteiger partial charge < -0.3 is 4.90 Å². The summed E-state index contributed by atoms with van der Waals surface area (Å²) >= 11 is 0. The van der Waals surface area contributed by atoms with Crippen LogP contribution in [0.4, 0.5) is 19.0 Å². The quantitative estimate of drug-likeness (QED) is 0.479. The number of nitrogens with zero attached hydrogens (tertiary/aromatic N) is 8. The second kappa shape index (κ2) is 7.70. The van der Waals surface area contributed by atoms with E-state index in [4.69, 9.17) is 0 Å². The Morgan fingerprint density at radius 2 is 1.81 bits per heavy atom. The van der Waals surface area contributed by atoms with Gasteiger partial charge in [-0.25, -0.2) is 4.68 Å². The van der Waals surface area contributed by atoms with Crippen molar-refractivity contribution in [2.45, 2.75) is 31.6 Å². The SMILES string of the molecule is O=c1ccc(-c2ccncc2)nn1CC1CCCN1c1ccc2nnc(C(F)(F)F)n2n1. The summed E-state index contributed by atoms with van der Waals surface area (Å²) in [6, 6.07) is 9.63.